The monoisotopic (exact) mass is 282 g/mol. The van der Waals surface area contributed by atoms with Crippen LogP contribution in [0.25, 0.3) is 0 Å². The van der Waals surface area contributed by atoms with Crippen molar-refractivity contribution in [1.29, 1.82) is 0 Å². The molecule has 0 spiro atoms. The van der Waals surface area contributed by atoms with E-state index in [0.717, 1.165) is 6.42 Å². The fourth-order valence-electron chi connectivity index (χ4n) is 1.57. The molecule has 0 bridgehead atoms. The van der Waals surface area contributed by atoms with Crippen molar-refractivity contribution in [3.63, 3.8) is 0 Å². The van der Waals surface area contributed by atoms with Gasteiger partial charge in [0.1, 0.15) is 0 Å². The van der Waals surface area contributed by atoms with Crippen LogP contribution in [0.4, 0.5) is 4.39 Å². The summed E-state index contributed by atoms with van der Waals surface area (Å²) in [5.41, 5.74) is 0.523. The molecule has 0 aliphatic rings. The van der Waals surface area contributed by atoms with E-state index in [1.807, 2.05) is 6.92 Å². The third-order valence-corrected chi connectivity index (χ3v) is 2.60. The van der Waals surface area contributed by atoms with Crippen molar-refractivity contribution in [1.82, 2.24) is 10.6 Å². The van der Waals surface area contributed by atoms with Crippen molar-refractivity contribution < 1.29 is 18.7 Å². The largest absolute Gasteiger partial charge is 0.494 e. The number of hydrogen-bond donors (Lipinski definition) is 2. The van der Waals surface area contributed by atoms with Crippen molar-refractivity contribution in [2.45, 2.75) is 19.8 Å². The van der Waals surface area contributed by atoms with Crippen LogP contribution in [0.2, 0.25) is 0 Å². The number of ether oxygens (including phenoxy) is 1. The molecular weight excluding hydrogens is 263 g/mol. The second-order valence-corrected chi connectivity index (χ2v) is 4.27. The molecule has 0 aliphatic heterocycles. The van der Waals surface area contributed by atoms with Crippen LogP contribution >= 0.6 is 0 Å². The Morgan fingerprint density at radius 3 is 2.60 bits per heavy atom. The van der Waals surface area contributed by atoms with Gasteiger partial charge in [-0.2, -0.15) is 0 Å². The molecule has 0 fully saturated rings. The van der Waals surface area contributed by atoms with E-state index in [0.29, 0.717) is 12.1 Å². The Kier molecular flexibility index (Phi) is 6.49. The van der Waals surface area contributed by atoms with E-state index in [2.05, 4.69) is 10.6 Å². The quantitative estimate of drug-likeness (QED) is 0.784. The molecule has 0 heterocycles. The van der Waals surface area contributed by atoms with E-state index in [9.17, 15) is 14.0 Å². The molecule has 0 atom stereocenters. The fourth-order valence-corrected chi connectivity index (χ4v) is 1.57. The Balaban J connectivity index is 2.42. The SMILES string of the molecule is CCCNC(=O)CNC(=O)Cc1ccc(OC)c(F)c1. The molecule has 0 aliphatic carbocycles. The average Bonchev–Trinajstić information content (AvgIpc) is 2.43. The van der Waals surface area contributed by atoms with Crippen molar-refractivity contribution >= 4 is 11.8 Å². The molecule has 0 saturated carbocycles. The molecule has 110 valence electrons. The lowest BCUT2D eigenvalue weighted by molar-refractivity contribution is -0.125. The van der Waals surface area contributed by atoms with Gasteiger partial charge in [-0.05, 0) is 24.1 Å². The lowest BCUT2D eigenvalue weighted by atomic mass is 10.1. The Bertz CT molecular complexity index is 477. The minimum Gasteiger partial charge on any atom is -0.494 e. The number of benzene rings is 1. The Labute approximate surface area is 117 Å². The van der Waals surface area contributed by atoms with Crippen LogP contribution in [0.3, 0.4) is 0 Å². The summed E-state index contributed by atoms with van der Waals surface area (Å²) in [6, 6.07) is 4.32. The van der Waals surface area contributed by atoms with Crippen LogP contribution in [0.5, 0.6) is 5.75 Å². The molecule has 0 saturated heterocycles. The van der Waals surface area contributed by atoms with Gasteiger partial charge in [0.05, 0.1) is 20.1 Å². The van der Waals surface area contributed by atoms with Gasteiger partial charge in [0.25, 0.3) is 0 Å². The maximum Gasteiger partial charge on any atom is 0.239 e. The Morgan fingerprint density at radius 1 is 1.25 bits per heavy atom. The van der Waals surface area contributed by atoms with Gasteiger partial charge < -0.3 is 15.4 Å². The van der Waals surface area contributed by atoms with Gasteiger partial charge in [0, 0.05) is 6.54 Å². The van der Waals surface area contributed by atoms with Crippen LogP contribution in [0.1, 0.15) is 18.9 Å². The summed E-state index contributed by atoms with van der Waals surface area (Å²) in [7, 11) is 1.37. The number of halogens is 1. The number of methoxy groups -OCH3 is 1. The van der Waals surface area contributed by atoms with Crippen molar-refractivity contribution in [3.8, 4) is 5.75 Å². The summed E-state index contributed by atoms with van der Waals surface area (Å²) in [4.78, 5) is 22.9. The number of carbonyl (C=O) groups is 2. The molecule has 1 aromatic carbocycles. The third kappa shape index (κ3) is 5.26. The predicted molar refractivity (Wildman–Crippen MR) is 73.0 cm³/mol. The summed E-state index contributed by atoms with van der Waals surface area (Å²) in [6.07, 6.45) is 0.854. The fraction of sp³-hybridized carbons (Fsp3) is 0.429. The number of nitrogens with one attached hydrogen (secondary N) is 2. The molecule has 0 unspecified atom stereocenters. The number of hydrogen-bond acceptors (Lipinski definition) is 3. The number of rotatable bonds is 7. The molecule has 0 radical (unpaired) electrons. The minimum atomic E-state index is -0.515. The highest BCUT2D eigenvalue weighted by Crippen LogP contribution is 2.17. The highest BCUT2D eigenvalue weighted by molar-refractivity contribution is 5.85. The first-order valence-electron chi connectivity index (χ1n) is 6.42. The first-order chi connectivity index (χ1) is 9.56. The first kappa shape index (κ1) is 15.9. The molecule has 0 aromatic heterocycles. The van der Waals surface area contributed by atoms with Gasteiger partial charge in [0.2, 0.25) is 11.8 Å². The Morgan fingerprint density at radius 2 is 2.00 bits per heavy atom. The maximum absolute atomic E-state index is 13.4. The van der Waals surface area contributed by atoms with Crippen LogP contribution in [0, 0.1) is 5.82 Å². The number of carbonyl (C=O) groups excluding carboxylic acids is 2. The minimum absolute atomic E-state index is 0.0158. The molecule has 2 amide bonds. The van der Waals surface area contributed by atoms with E-state index >= 15 is 0 Å². The highest BCUT2D eigenvalue weighted by Gasteiger charge is 2.08. The van der Waals surface area contributed by atoms with E-state index in [4.69, 9.17) is 4.74 Å². The second-order valence-electron chi connectivity index (χ2n) is 4.27. The van der Waals surface area contributed by atoms with E-state index < -0.39 is 5.82 Å². The van der Waals surface area contributed by atoms with E-state index in [1.54, 1.807) is 6.07 Å². The number of amides is 2. The van der Waals surface area contributed by atoms with Gasteiger partial charge in [-0.15, -0.1) is 0 Å². The van der Waals surface area contributed by atoms with E-state index in [1.165, 1.54) is 19.2 Å². The molecule has 1 rings (SSSR count). The van der Waals surface area contributed by atoms with Gasteiger partial charge in [-0.25, -0.2) is 4.39 Å². The summed E-state index contributed by atoms with van der Waals surface area (Å²) in [6.45, 7) is 2.45. The van der Waals surface area contributed by atoms with Gasteiger partial charge in [0.15, 0.2) is 11.6 Å². The van der Waals surface area contributed by atoms with Crippen molar-refractivity contribution in [3.05, 3.63) is 29.6 Å². The molecule has 1 aromatic rings. The molecule has 6 heteroatoms. The van der Waals surface area contributed by atoms with Crippen LogP contribution < -0.4 is 15.4 Å². The summed E-state index contributed by atoms with van der Waals surface area (Å²) >= 11 is 0. The lowest BCUT2D eigenvalue weighted by Gasteiger charge is -2.07. The standard InChI is InChI=1S/C14H19FN2O3/c1-3-6-16-14(19)9-17-13(18)8-10-4-5-12(20-2)11(15)7-10/h4-5,7H,3,6,8-9H2,1-2H3,(H,16,19)(H,17,18). The van der Waals surface area contributed by atoms with Gasteiger partial charge in [-0.3, -0.25) is 9.59 Å². The van der Waals surface area contributed by atoms with E-state index in [-0.39, 0.29) is 30.5 Å². The summed E-state index contributed by atoms with van der Waals surface area (Å²) < 4.78 is 18.2. The second kappa shape index (κ2) is 8.14. The lowest BCUT2D eigenvalue weighted by Crippen LogP contribution is -2.37. The van der Waals surface area contributed by atoms with Gasteiger partial charge in [-0.1, -0.05) is 13.0 Å². The zero-order chi connectivity index (χ0) is 15.0. The van der Waals surface area contributed by atoms with Crippen molar-refractivity contribution in [2.24, 2.45) is 0 Å². The zero-order valence-corrected chi connectivity index (χ0v) is 11.7. The van der Waals surface area contributed by atoms with Crippen molar-refractivity contribution in [2.75, 3.05) is 20.2 Å². The smallest absolute Gasteiger partial charge is 0.239 e. The molecular formula is C14H19FN2O3. The average molecular weight is 282 g/mol. The normalized spacial score (nSPS) is 9.95. The Hall–Kier alpha value is -2.11. The zero-order valence-electron chi connectivity index (χ0n) is 11.7. The molecule has 5 nitrogen and oxygen atoms in total. The molecule has 2 N–H and O–H groups in total. The van der Waals surface area contributed by atoms with Gasteiger partial charge >= 0.3 is 0 Å². The maximum atomic E-state index is 13.4. The summed E-state index contributed by atoms with van der Waals surface area (Å²) in [5, 5.41) is 5.13. The van der Waals surface area contributed by atoms with Crippen LogP contribution in [0.15, 0.2) is 18.2 Å². The highest BCUT2D eigenvalue weighted by atomic mass is 19.1. The summed E-state index contributed by atoms with van der Waals surface area (Å²) in [5.74, 6) is -0.950. The molecule has 20 heavy (non-hydrogen) atoms. The first-order valence-corrected chi connectivity index (χ1v) is 6.42. The van der Waals surface area contributed by atoms with Crippen LogP contribution in [-0.4, -0.2) is 32.0 Å². The topological polar surface area (TPSA) is 67.4 Å². The van der Waals surface area contributed by atoms with Crippen LogP contribution in [-0.2, 0) is 16.0 Å². The predicted octanol–water partition coefficient (Wildman–Crippen LogP) is 1.02. The third-order valence-electron chi connectivity index (χ3n) is 2.60.